The van der Waals surface area contributed by atoms with Crippen molar-refractivity contribution in [1.29, 1.82) is 0 Å². The van der Waals surface area contributed by atoms with Crippen molar-refractivity contribution in [3.05, 3.63) is 15.6 Å². The lowest BCUT2D eigenvalue weighted by atomic mass is 9.93. The van der Waals surface area contributed by atoms with Crippen molar-refractivity contribution in [2.75, 3.05) is 19.8 Å². The van der Waals surface area contributed by atoms with Crippen LogP contribution >= 0.6 is 11.3 Å². The topological polar surface area (TPSA) is 34.2 Å². The number of hydrogen-bond acceptors (Lipinski definition) is 4. The van der Waals surface area contributed by atoms with Crippen molar-refractivity contribution in [3.8, 4) is 0 Å². The van der Waals surface area contributed by atoms with Crippen LogP contribution in [0.2, 0.25) is 0 Å². The number of aromatic nitrogens is 1. The zero-order valence-corrected chi connectivity index (χ0v) is 11.9. The standard InChI is InChI=1S/C14H22N2OS/c1-2-8-15-14(7-4-9-17-10-14)13-16-11-5-3-6-12(11)18-13/h15H,2-10H2,1H3. The highest BCUT2D eigenvalue weighted by atomic mass is 32.1. The third-order valence-electron chi connectivity index (χ3n) is 3.96. The quantitative estimate of drug-likeness (QED) is 0.909. The molecule has 2 heterocycles. The molecule has 3 rings (SSSR count). The van der Waals surface area contributed by atoms with E-state index in [9.17, 15) is 0 Å². The van der Waals surface area contributed by atoms with Crippen molar-refractivity contribution >= 4 is 11.3 Å². The lowest BCUT2D eigenvalue weighted by Crippen LogP contribution is -2.49. The summed E-state index contributed by atoms with van der Waals surface area (Å²) < 4.78 is 5.74. The van der Waals surface area contributed by atoms with Crippen LogP contribution in [0.5, 0.6) is 0 Å². The highest BCUT2D eigenvalue weighted by molar-refractivity contribution is 7.12. The molecule has 1 N–H and O–H groups in total. The largest absolute Gasteiger partial charge is 0.379 e. The fraction of sp³-hybridized carbons (Fsp3) is 0.786. The maximum absolute atomic E-state index is 5.74. The van der Waals surface area contributed by atoms with Crippen LogP contribution in [0, 0.1) is 0 Å². The van der Waals surface area contributed by atoms with E-state index in [2.05, 4.69) is 12.2 Å². The molecule has 1 saturated heterocycles. The van der Waals surface area contributed by atoms with Gasteiger partial charge in [0.15, 0.2) is 0 Å². The molecule has 100 valence electrons. The summed E-state index contributed by atoms with van der Waals surface area (Å²) in [5.74, 6) is 0. The lowest BCUT2D eigenvalue weighted by Gasteiger charge is -2.36. The molecule has 1 aliphatic carbocycles. The van der Waals surface area contributed by atoms with Crippen LogP contribution < -0.4 is 5.32 Å². The third-order valence-corrected chi connectivity index (χ3v) is 5.32. The average Bonchev–Trinajstić information content (AvgIpc) is 2.98. The van der Waals surface area contributed by atoms with Gasteiger partial charge < -0.3 is 10.1 Å². The van der Waals surface area contributed by atoms with Crippen LogP contribution in [-0.2, 0) is 23.1 Å². The van der Waals surface area contributed by atoms with Crippen LogP contribution in [0.3, 0.4) is 0 Å². The molecule has 0 amide bonds. The lowest BCUT2D eigenvalue weighted by molar-refractivity contribution is 0.0181. The van der Waals surface area contributed by atoms with Gasteiger partial charge in [-0.25, -0.2) is 4.98 Å². The average molecular weight is 266 g/mol. The second kappa shape index (κ2) is 5.27. The Morgan fingerprint density at radius 1 is 1.39 bits per heavy atom. The molecule has 1 aliphatic heterocycles. The molecular formula is C14H22N2OS. The van der Waals surface area contributed by atoms with Gasteiger partial charge in [0.2, 0.25) is 0 Å². The van der Waals surface area contributed by atoms with E-state index in [0.717, 1.165) is 32.6 Å². The molecule has 0 saturated carbocycles. The Kier molecular flexibility index (Phi) is 3.68. The number of hydrogen-bond donors (Lipinski definition) is 1. The first kappa shape index (κ1) is 12.6. The highest BCUT2D eigenvalue weighted by Crippen LogP contribution is 2.37. The van der Waals surface area contributed by atoms with Crippen molar-refractivity contribution in [2.24, 2.45) is 0 Å². The summed E-state index contributed by atoms with van der Waals surface area (Å²) in [6.45, 7) is 4.96. The first-order valence-corrected chi connectivity index (χ1v) is 7.97. The first-order valence-electron chi connectivity index (χ1n) is 7.16. The number of fused-ring (bicyclic) bond motifs is 1. The first-order chi connectivity index (χ1) is 8.84. The minimum atomic E-state index is 0.00324. The zero-order chi connectivity index (χ0) is 12.4. The van der Waals surface area contributed by atoms with E-state index in [1.54, 1.807) is 0 Å². The van der Waals surface area contributed by atoms with E-state index in [4.69, 9.17) is 9.72 Å². The Bertz CT molecular complexity index is 388. The maximum Gasteiger partial charge on any atom is 0.116 e. The molecular weight excluding hydrogens is 244 g/mol. The molecule has 0 radical (unpaired) electrons. The molecule has 1 atom stereocenters. The summed E-state index contributed by atoms with van der Waals surface area (Å²) in [5, 5.41) is 4.99. The van der Waals surface area contributed by atoms with E-state index in [-0.39, 0.29) is 5.54 Å². The van der Waals surface area contributed by atoms with Crippen molar-refractivity contribution < 1.29 is 4.74 Å². The van der Waals surface area contributed by atoms with Gasteiger partial charge in [-0.3, -0.25) is 0 Å². The minimum Gasteiger partial charge on any atom is -0.379 e. The van der Waals surface area contributed by atoms with Crippen molar-refractivity contribution in [2.45, 2.75) is 51.0 Å². The van der Waals surface area contributed by atoms with E-state index < -0.39 is 0 Å². The molecule has 0 spiro atoms. The molecule has 0 aromatic carbocycles. The van der Waals surface area contributed by atoms with Crippen molar-refractivity contribution in [3.63, 3.8) is 0 Å². The van der Waals surface area contributed by atoms with Crippen LogP contribution in [-0.4, -0.2) is 24.7 Å². The molecule has 1 aromatic rings. The fourth-order valence-electron chi connectivity index (χ4n) is 2.94. The van der Waals surface area contributed by atoms with Gasteiger partial charge in [0.1, 0.15) is 5.01 Å². The summed E-state index contributed by atoms with van der Waals surface area (Å²) in [6.07, 6.45) is 7.17. The second-order valence-corrected chi connectivity index (χ2v) is 6.49. The van der Waals surface area contributed by atoms with Gasteiger partial charge in [0, 0.05) is 11.5 Å². The number of nitrogens with zero attached hydrogens (tertiary/aromatic N) is 1. The number of aryl methyl sites for hydroxylation is 2. The minimum absolute atomic E-state index is 0.00324. The van der Waals surface area contributed by atoms with Gasteiger partial charge in [-0.1, -0.05) is 6.92 Å². The summed E-state index contributed by atoms with van der Waals surface area (Å²) in [7, 11) is 0. The van der Waals surface area contributed by atoms with E-state index >= 15 is 0 Å². The number of thiazole rings is 1. The molecule has 1 aromatic heterocycles. The van der Waals surface area contributed by atoms with Crippen LogP contribution in [0.15, 0.2) is 0 Å². The Labute approximate surface area is 113 Å². The Morgan fingerprint density at radius 3 is 3.06 bits per heavy atom. The monoisotopic (exact) mass is 266 g/mol. The SMILES string of the molecule is CCCNC1(c2nc3c(s2)CCC3)CCCOC1. The number of nitrogens with one attached hydrogen (secondary N) is 1. The number of rotatable bonds is 4. The Balaban J connectivity index is 1.86. The normalized spacial score (nSPS) is 27.4. The van der Waals surface area contributed by atoms with Gasteiger partial charge in [-0.2, -0.15) is 0 Å². The third kappa shape index (κ3) is 2.22. The van der Waals surface area contributed by atoms with E-state index in [1.165, 1.54) is 41.3 Å². The van der Waals surface area contributed by atoms with Gasteiger partial charge >= 0.3 is 0 Å². The maximum atomic E-state index is 5.74. The van der Waals surface area contributed by atoms with Crippen LogP contribution in [0.1, 0.15) is 48.2 Å². The second-order valence-electron chi connectivity index (χ2n) is 5.41. The van der Waals surface area contributed by atoms with E-state index in [1.807, 2.05) is 11.3 Å². The van der Waals surface area contributed by atoms with Gasteiger partial charge in [-0.15, -0.1) is 11.3 Å². The summed E-state index contributed by atoms with van der Waals surface area (Å²) in [5.41, 5.74) is 1.36. The molecule has 1 unspecified atom stereocenters. The smallest absolute Gasteiger partial charge is 0.116 e. The van der Waals surface area contributed by atoms with Gasteiger partial charge in [-0.05, 0) is 45.1 Å². The predicted octanol–water partition coefficient (Wildman–Crippen LogP) is 2.64. The molecule has 2 aliphatic rings. The zero-order valence-electron chi connectivity index (χ0n) is 11.1. The van der Waals surface area contributed by atoms with Gasteiger partial charge in [0.05, 0.1) is 17.8 Å². The van der Waals surface area contributed by atoms with Crippen LogP contribution in [0.25, 0.3) is 0 Å². The fourth-order valence-corrected chi connectivity index (χ4v) is 4.27. The summed E-state index contributed by atoms with van der Waals surface area (Å²) >= 11 is 1.92. The molecule has 18 heavy (non-hydrogen) atoms. The van der Waals surface area contributed by atoms with Crippen molar-refractivity contribution in [1.82, 2.24) is 10.3 Å². The molecule has 3 nitrogen and oxygen atoms in total. The summed E-state index contributed by atoms with van der Waals surface area (Å²) in [4.78, 5) is 6.44. The summed E-state index contributed by atoms with van der Waals surface area (Å²) in [6, 6.07) is 0. The van der Waals surface area contributed by atoms with E-state index in [0.29, 0.717) is 0 Å². The van der Waals surface area contributed by atoms with Gasteiger partial charge in [0.25, 0.3) is 0 Å². The number of ether oxygens (including phenoxy) is 1. The Hall–Kier alpha value is -0.450. The highest BCUT2D eigenvalue weighted by Gasteiger charge is 2.38. The molecule has 4 heteroatoms. The Morgan fingerprint density at radius 2 is 2.33 bits per heavy atom. The predicted molar refractivity (Wildman–Crippen MR) is 74.2 cm³/mol. The van der Waals surface area contributed by atoms with Crippen LogP contribution in [0.4, 0.5) is 0 Å². The molecule has 1 fully saturated rings. The molecule has 0 bridgehead atoms.